The lowest BCUT2D eigenvalue weighted by molar-refractivity contribution is 0.225. The second kappa shape index (κ2) is 9.05. The van der Waals surface area contributed by atoms with Gasteiger partial charge in [-0.3, -0.25) is 10.7 Å². The quantitative estimate of drug-likeness (QED) is 0.357. The number of anilines is 1. The molecule has 156 valence electrons. The average molecular weight is 404 g/mol. The zero-order valence-electron chi connectivity index (χ0n) is 17.8. The first-order valence-corrected chi connectivity index (χ1v) is 10.4. The van der Waals surface area contributed by atoms with E-state index in [1.54, 1.807) is 13.1 Å². The van der Waals surface area contributed by atoms with Gasteiger partial charge in [0.2, 0.25) is 0 Å². The molecule has 1 aliphatic carbocycles. The number of nitrogens with zero attached hydrogens (tertiary/aromatic N) is 2. The summed E-state index contributed by atoms with van der Waals surface area (Å²) in [6, 6.07) is 7.79. The Labute approximate surface area is 177 Å². The lowest BCUT2D eigenvalue weighted by Crippen LogP contribution is -2.12. The van der Waals surface area contributed by atoms with Crippen molar-refractivity contribution < 1.29 is 5.21 Å². The number of nitrogen functional groups attached to an aromatic ring is 1. The number of aromatic nitrogens is 2. The second-order valence-electron chi connectivity index (χ2n) is 7.20. The summed E-state index contributed by atoms with van der Waals surface area (Å²) < 4.78 is 0. The summed E-state index contributed by atoms with van der Waals surface area (Å²) in [5.74, 6) is 0. The third-order valence-corrected chi connectivity index (χ3v) is 5.38. The summed E-state index contributed by atoms with van der Waals surface area (Å²) in [5.41, 5.74) is 16.2. The van der Waals surface area contributed by atoms with E-state index in [-0.39, 0.29) is 0 Å². The molecule has 30 heavy (non-hydrogen) atoms. The number of hydrogen-bond donors (Lipinski definition) is 4. The van der Waals surface area contributed by atoms with E-state index in [0.717, 1.165) is 53.5 Å². The van der Waals surface area contributed by atoms with E-state index in [1.807, 2.05) is 38.1 Å². The summed E-state index contributed by atoms with van der Waals surface area (Å²) in [6.45, 7) is 9.53. The molecule has 1 aromatic carbocycles. The van der Waals surface area contributed by atoms with Crippen LogP contribution in [0.2, 0.25) is 0 Å². The van der Waals surface area contributed by atoms with Crippen LogP contribution in [0.15, 0.2) is 37.0 Å². The molecule has 0 bridgehead atoms. The van der Waals surface area contributed by atoms with Gasteiger partial charge in [0.1, 0.15) is 0 Å². The smallest absolute Gasteiger partial charge is 0.160 e. The minimum atomic E-state index is 0.437. The summed E-state index contributed by atoms with van der Waals surface area (Å²) in [7, 11) is 0. The number of hydroxylamine groups is 1. The van der Waals surface area contributed by atoms with Crippen LogP contribution in [0.4, 0.5) is 5.69 Å². The maximum atomic E-state index is 9.05. The third-order valence-electron chi connectivity index (χ3n) is 5.38. The predicted molar refractivity (Wildman–Crippen MR) is 124 cm³/mol. The fourth-order valence-electron chi connectivity index (χ4n) is 4.04. The highest BCUT2D eigenvalue weighted by atomic mass is 16.5. The molecule has 0 atom stereocenters. The van der Waals surface area contributed by atoms with Crippen molar-refractivity contribution in [2.24, 2.45) is 0 Å². The van der Waals surface area contributed by atoms with E-state index in [1.165, 1.54) is 11.1 Å². The first-order valence-electron chi connectivity index (χ1n) is 10.4. The van der Waals surface area contributed by atoms with E-state index < -0.39 is 0 Å². The molecule has 0 saturated carbocycles. The van der Waals surface area contributed by atoms with Gasteiger partial charge in [0, 0.05) is 22.2 Å². The normalized spacial score (nSPS) is 12.5. The summed E-state index contributed by atoms with van der Waals surface area (Å²) in [4.78, 5) is 9.37. The molecule has 6 nitrogen and oxygen atoms in total. The van der Waals surface area contributed by atoms with Crippen molar-refractivity contribution in [1.82, 2.24) is 15.4 Å². The van der Waals surface area contributed by atoms with E-state index in [9.17, 15) is 0 Å². The van der Waals surface area contributed by atoms with Gasteiger partial charge in [-0.25, -0.2) is 9.97 Å². The molecule has 5 N–H and O–H groups in total. The van der Waals surface area contributed by atoms with Gasteiger partial charge in [0.05, 0.1) is 23.3 Å². The van der Waals surface area contributed by atoms with Crippen molar-refractivity contribution in [1.29, 1.82) is 5.41 Å². The zero-order chi connectivity index (χ0) is 21.8. The monoisotopic (exact) mass is 403 g/mol. The van der Waals surface area contributed by atoms with Crippen molar-refractivity contribution in [3.8, 4) is 11.3 Å². The Morgan fingerprint density at radius 3 is 2.37 bits per heavy atom. The number of benzene rings is 1. The molecule has 0 fully saturated rings. The summed E-state index contributed by atoms with van der Waals surface area (Å²) in [5, 5.41) is 18.2. The molecular formula is C24H29N5O. The second-order valence-corrected chi connectivity index (χ2v) is 7.20. The fraction of sp³-hybridized carbons (Fsp3) is 0.292. The molecule has 2 aromatic heterocycles. The Bertz CT molecular complexity index is 1100. The van der Waals surface area contributed by atoms with Gasteiger partial charge in [-0.15, -0.1) is 0 Å². The lowest BCUT2D eigenvalue weighted by Gasteiger charge is -2.23. The summed E-state index contributed by atoms with van der Waals surface area (Å²) >= 11 is 0. The first-order chi connectivity index (χ1) is 14.5. The van der Waals surface area contributed by atoms with Gasteiger partial charge in [0.25, 0.3) is 0 Å². The Kier molecular flexibility index (Phi) is 6.47. The maximum absolute atomic E-state index is 9.05. The van der Waals surface area contributed by atoms with Crippen LogP contribution >= 0.6 is 0 Å². The van der Waals surface area contributed by atoms with Crippen LogP contribution in [0.1, 0.15) is 55.9 Å². The molecule has 2 heterocycles. The number of nitrogens with two attached hydrogens (primary N) is 1. The van der Waals surface area contributed by atoms with Gasteiger partial charge >= 0.3 is 0 Å². The first kappa shape index (κ1) is 21.5. The van der Waals surface area contributed by atoms with Crippen molar-refractivity contribution in [2.75, 3.05) is 5.73 Å². The Hall–Kier alpha value is -3.25. The molecular weight excluding hydrogens is 374 g/mol. The molecule has 6 heteroatoms. The van der Waals surface area contributed by atoms with Crippen LogP contribution in [0, 0.1) is 5.41 Å². The van der Waals surface area contributed by atoms with Crippen LogP contribution < -0.4 is 11.2 Å². The van der Waals surface area contributed by atoms with Gasteiger partial charge in [-0.1, -0.05) is 44.7 Å². The molecule has 0 radical (unpaired) electrons. The van der Waals surface area contributed by atoms with Crippen LogP contribution in [-0.4, -0.2) is 20.9 Å². The van der Waals surface area contributed by atoms with Crippen LogP contribution in [0.3, 0.4) is 0 Å². The SMILES string of the molecule is C=C(NO)c1ccc(-c2nc3ncc(N)c(C(C)=N)c3c3c2CCCC3)cc1.CC. The maximum Gasteiger partial charge on any atom is 0.160 e. The van der Waals surface area contributed by atoms with Gasteiger partial charge in [0.15, 0.2) is 5.65 Å². The number of rotatable bonds is 4. The van der Waals surface area contributed by atoms with E-state index >= 15 is 0 Å². The minimum Gasteiger partial charge on any atom is -0.397 e. The van der Waals surface area contributed by atoms with E-state index in [0.29, 0.717) is 22.7 Å². The molecule has 0 aliphatic heterocycles. The standard InChI is InChI=1S/C22H23N5O.C2H6/c1-12(23)19-18(24)11-25-22-20(19)16-5-3-4-6-17(16)21(26-22)15-9-7-14(8-10-15)13(2)27-28;1-2/h7-11,23,27-28H,2-6,24H2,1H3;1-2H3. The van der Waals surface area contributed by atoms with Crippen molar-refractivity contribution >= 4 is 28.1 Å². The Balaban J connectivity index is 0.00000124. The predicted octanol–water partition coefficient (Wildman–Crippen LogP) is 5.12. The van der Waals surface area contributed by atoms with Gasteiger partial charge < -0.3 is 11.1 Å². The molecule has 0 spiro atoms. The van der Waals surface area contributed by atoms with Crippen molar-refractivity contribution in [3.63, 3.8) is 0 Å². The molecule has 0 unspecified atom stereocenters. The number of pyridine rings is 2. The van der Waals surface area contributed by atoms with Crippen LogP contribution in [-0.2, 0) is 12.8 Å². The van der Waals surface area contributed by atoms with Crippen LogP contribution in [0.5, 0.6) is 0 Å². The largest absolute Gasteiger partial charge is 0.397 e. The zero-order valence-corrected chi connectivity index (χ0v) is 17.8. The molecule has 1 aliphatic rings. The molecule has 0 saturated heterocycles. The average Bonchev–Trinajstić information content (AvgIpc) is 2.79. The van der Waals surface area contributed by atoms with Crippen molar-refractivity contribution in [3.05, 3.63) is 59.3 Å². The molecule has 4 rings (SSSR count). The Morgan fingerprint density at radius 1 is 1.13 bits per heavy atom. The van der Waals surface area contributed by atoms with E-state index in [2.05, 4.69) is 17.0 Å². The third kappa shape index (κ3) is 3.78. The number of aryl methyl sites for hydroxylation is 1. The van der Waals surface area contributed by atoms with E-state index in [4.69, 9.17) is 21.3 Å². The van der Waals surface area contributed by atoms with Gasteiger partial charge in [-0.2, -0.15) is 0 Å². The fourth-order valence-corrected chi connectivity index (χ4v) is 4.04. The molecule has 3 aromatic rings. The minimum absolute atomic E-state index is 0.437. The van der Waals surface area contributed by atoms with Gasteiger partial charge in [-0.05, 0) is 49.3 Å². The molecule has 0 amide bonds. The topological polar surface area (TPSA) is 108 Å². The van der Waals surface area contributed by atoms with Crippen molar-refractivity contribution in [2.45, 2.75) is 46.5 Å². The lowest BCUT2D eigenvalue weighted by atomic mass is 9.85. The highest BCUT2D eigenvalue weighted by Gasteiger charge is 2.23. The van der Waals surface area contributed by atoms with Crippen LogP contribution in [0.25, 0.3) is 28.0 Å². The number of hydrogen-bond acceptors (Lipinski definition) is 6. The highest BCUT2D eigenvalue weighted by Crippen LogP contribution is 2.37. The number of nitrogens with one attached hydrogen (secondary N) is 2. The highest BCUT2D eigenvalue weighted by molar-refractivity contribution is 6.12. The Morgan fingerprint density at radius 2 is 1.77 bits per heavy atom. The summed E-state index contributed by atoms with van der Waals surface area (Å²) in [6.07, 6.45) is 5.71. The number of fused-ring (bicyclic) bond motifs is 3.